The van der Waals surface area contributed by atoms with Gasteiger partial charge in [0.1, 0.15) is 11.5 Å². The number of aliphatic carboxylic acids is 2. The molecule has 18 heteroatoms. The van der Waals surface area contributed by atoms with Gasteiger partial charge in [-0.15, -0.1) is 34.4 Å². The van der Waals surface area contributed by atoms with Gasteiger partial charge in [0.2, 0.25) is 11.5 Å². The van der Waals surface area contributed by atoms with Gasteiger partial charge in [0, 0.05) is 51.2 Å². The van der Waals surface area contributed by atoms with Crippen LogP contribution in [-0.4, -0.2) is 71.5 Å². The van der Waals surface area contributed by atoms with Crippen LogP contribution in [0, 0.1) is 11.3 Å². The van der Waals surface area contributed by atoms with Gasteiger partial charge in [0.25, 0.3) is 0 Å². The van der Waals surface area contributed by atoms with Crippen LogP contribution in [0.15, 0.2) is 64.0 Å². The van der Waals surface area contributed by atoms with Gasteiger partial charge in [-0.1, -0.05) is 5.16 Å². The average molecular weight is 723 g/mol. The van der Waals surface area contributed by atoms with Crippen molar-refractivity contribution in [3.05, 3.63) is 75.0 Å². The first kappa shape index (κ1) is 33.8. The molecule has 0 saturated carbocycles. The number of fused-ring (bicyclic) bond motifs is 2. The number of rotatable bonds is 13. The Balaban J connectivity index is 1.18. The van der Waals surface area contributed by atoms with Crippen LogP contribution in [0.5, 0.6) is 0 Å². The molecule has 4 aromatic rings. The SMILES string of the molecule is CC(C)(O/N=C(\C(=O)C[C@@H]1C(=O)N2C(C(=O)[O-])=C(C[n+]3ccc4c(ccn4Cc4cc(C(=N)N)cs4)c3)CS[C@H]12)c1csc(N)n1)C(=O)O. The number of pyridine rings is 1. The standard InChI is InChI=1S/C31H30N8O7S3/c1-31(2,29(44)45)46-36-23(20-14-49-30(34)35-20)22(40)8-19-26(41)39-24(28(42)43)17(13-48-27(19)39)10-37-5-4-21-15(9-37)3-6-38(21)11-18-7-16(12-47-18)25(32)33/h3-7,9,12,14,19,27H,8,10-11,13H2,1-2H3,(H6-,32,33,34,35,42,43,44,45)/b36-23-/t19-,27-/m1/s1. The number of ketones is 1. The Kier molecular flexibility index (Phi) is 9.03. The highest BCUT2D eigenvalue weighted by Gasteiger charge is 2.53. The van der Waals surface area contributed by atoms with Crippen LogP contribution in [0.2, 0.25) is 0 Å². The van der Waals surface area contributed by atoms with E-state index in [0.717, 1.165) is 27.1 Å². The van der Waals surface area contributed by atoms with Crippen LogP contribution in [-0.2, 0) is 37.1 Å². The van der Waals surface area contributed by atoms with Gasteiger partial charge >= 0.3 is 5.97 Å². The van der Waals surface area contributed by atoms with Crippen LogP contribution in [0.1, 0.15) is 36.4 Å². The number of thiazole rings is 1. The molecule has 2 aliphatic heterocycles. The number of carboxylic acids is 2. The minimum Gasteiger partial charge on any atom is -0.543 e. The molecule has 1 saturated heterocycles. The van der Waals surface area contributed by atoms with Crippen molar-refractivity contribution in [1.29, 1.82) is 5.41 Å². The second-order valence-corrected chi connectivity index (χ2v) is 14.9. The number of oxime groups is 1. The number of nitrogens with two attached hydrogens (primary N) is 2. The maximum Gasteiger partial charge on any atom is 0.350 e. The van der Waals surface area contributed by atoms with Gasteiger partial charge in [0.15, 0.2) is 35.6 Å². The minimum absolute atomic E-state index is 0.0211. The first-order valence-electron chi connectivity index (χ1n) is 14.8. The summed E-state index contributed by atoms with van der Waals surface area (Å²) in [4.78, 5) is 62.2. The van der Waals surface area contributed by atoms with Crippen LogP contribution in [0.3, 0.4) is 0 Å². The highest BCUT2D eigenvalue weighted by atomic mass is 32.2. The average Bonchev–Trinajstić information content (AvgIpc) is 3.80. The number of nitrogen functional groups attached to an aromatic ring is 2. The third-order valence-electron chi connectivity index (χ3n) is 8.10. The summed E-state index contributed by atoms with van der Waals surface area (Å²) in [7, 11) is 0. The summed E-state index contributed by atoms with van der Waals surface area (Å²) in [5, 5.41) is 37.0. The fourth-order valence-electron chi connectivity index (χ4n) is 5.48. The van der Waals surface area contributed by atoms with Crippen LogP contribution in [0.4, 0.5) is 5.13 Å². The zero-order chi connectivity index (χ0) is 35.2. The van der Waals surface area contributed by atoms with Gasteiger partial charge in [-0.05, 0) is 26.0 Å². The molecule has 2 aliphatic rings. The van der Waals surface area contributed by atoms with Crippen molar-refractivity contribution in [2.75, 3.05) is 11.5 Å². The van der Waals surface area contributed by atoms with E-state index in [1.165, 1.54) is 47.2 Å². The van der Waals surface area contributed by atoms with E-state index < -0.39 is 40.5 Å². The van der Waals surface area contributed by atoms with E-state index in [9.17, 15) is 29.4 Å². The third-order valence-corrected chi connectivity index (χ3v) is 11.1. The summed E-state index contributed by atoms with van der Waals surface area (Å²) in [5.74, 6) is -4.54. The number of hydrogen-bond acceptors (Lipinski definition) is 13. The first-order chi connectivity index (χ1) is 23.2. The van der Waals surface area contributed by atoms with E-state index in [4.69, 9.17) is 21.7 Å². The third kappa shape index (κ3) is 6.66. The van der Waals surface area contributed by atoms with E-state index in [2.05, 4.69) is 14.7 Å². The lowest BCUT2D eigenvalue weighted by atomic mass is 9.89. The minimum atomic E-state index is -1.75. The molecular weight excluding hydrogens is 693 g/mol. The molecule has 0 bridgehead atoms. The Hall–Kier alpha value is -5.07. The van der Waals surface area contributed by atoms with Crippen molar-refractivity contribution in [2.24, 2.45) is 16.8 Å². The topological polar surface area (TPSA) is 234 Å². The number of β-lactam (4-membered cyclic amide) rings is 1. The molecule has 6 N–H and O–H groups in total. The molecule has 2 atom stereocenters. The van der Waals surface area contributed by atoms with E-state index >= 15 is 0 Å². The Labute approximate surface area is 291 Å². The monoisotopic (exact) mass is 722 g/mol. The molecule has 0 unspecified atom stereocenters. The first-order valence-corrected chi connectivity index (χ1v) is 17.6. The lowest BCUT2D eigenvalue weighted by molar-refractivity contribution is -0.687. The summed E-state index contributed by atoms with van der Waals surface area (Å²) in [6.07, 6.45) is 5.36. The van der Waals surface area contributed by atoms with Gasteiger partial charge < -0.3 is 35.9 Å². The number of hydrogen-bond donors (Lipinski definition) is 4. The van der Waals surface area contributed by atoms with Crippen molar-refractivity contribution < 1.29 is 38.8 Å². The summed E-state index contributed by atoms with van der Waals surface area (Å²) in [6, 6.07) is 5.78. The molecule has 254 valence electrons. The Morgan fingerprint density at radius 3 is 2.69 bits per heavy atom. The smallest absolute Gasteiger partial charge is 0.350 e. The summed E-state index contributed by atoms with van der Waals surface area (Å²) < 4.78 is 3.91. The Bertz CT molecular complexity index is 2100. The molecule has 49 heavy (non-hydrogen) atoms. The number of aromatic nitrogens is 3. The maximum atomic E-state index is 13.4. The number of anilines is 1. The van der Waals surface area contributed by atoms with E-state index in [0.29, 0.717) is 17.7 Å². The van der Waals surface area contributed by atoms with E-state index in [1.54, 1.807) is 0 Å². The van der Waals surface area contributed by atoms with Crippen molar-refractivity contribution in [2.45, 2.75) is 44.3 Å². The van der Waals surface area contributed by atoms with Gasteiger partial charge in [-0.25, -0.2) is 14.3 Å². The second-order valence-electron chi connectivity index (χ2n) is 11.9. The van der Waals surface area contributed by atoms with Crippen LogP contribution >= 0.6 is 34.4 Å². The molecule has 0 spiro atoms. The molecule has 0 aliphatic carbocycles. The second kappa shape index (κ2) is 13.1. The maximum absolute atomic E-state index is 13.4. The highest BCUT2D eigenvalue weighted by Crippen LogP contribution is 2.45. The molecule has 6 heterocycles. The van der Waals surface area contributed by atoms with E-state index in [-0.39, 0.29) is 46.8 Å². The van der Waals surface area contributed by atoms with Gasteiger partial charge in [-0.2, -0.15) is 0 Å². The lowest BCUT2D eigenvalue weighted by Gasteiger charge is -2.50. The van der Waals surface area contributed by atoms with Crippen LogP contribution < -0.4 is 21.1 Å². The molecular formula is C31H30N8O7S3. The predicted octanol–water partition coefficient (Wildman–Crippen LogP) is 1.14. The number of carbonyl (C=O) groups excluding carboxylic acids is 3. The Morgan fingerprint density at radius 1 is 1.27 bits per heavy atom. The fraction of sp³-hybridized carbons (Fsp3) is 0.290. The zero-order valence-electron chi connectivity index (χ0n) is 26.1. The summed E-state index contributed by atoms with van der Waals surface area (Å²) in [5.41, 5.74) is 11.3. The van der Waals surface area contributed by atoms with Crippen molar-refractivity contribution in [3.8, 4) is 0 Å². The summed E-state index contributed by atoms with van der Waals surface area (Å²) in [6.45, 7) is 3.32. The quantitative estimate of drug-likeness (QED) is 0.0502. The van der Waals surface area contributed by atoms with Gasteiger partial charge in [0.05, 0.1) is 40.4 Å². The Morgan fingerprint density at radius 2 is 2.04 bits per heavy atom. The molecule has 1 amide bonds. The van der Waals surface area contributed by atoms with Crippen molar-refractivity contribution in [3.63, 3.8) is 0 Å². The number of carbonyl (C=O) groups is 4. The number of thiophene rings is 1. The van der Waals surface area contributed by atoms with Gasteiger partial charge in [-0.3, -0.25) is 19.9 Å². The van der Waals surface area contributed by atoms with Crippen molar-refractivity contribution in [1.82, 2.24) is 14.5 Å². The lowest BCUT2D eigenvalue weighted by Crippen LogP contribution is -2.63. The molecule has 0 radical (unpaired) electrons. The molecule has 1 fully saturated rings. The normalized spacial score (nSPS) is 18.0. The largest absolute Gasteiger partial charge is 0.543 e. The fourth-order valence-corrected chi connectivity index (χ4v) is 8.31. The zero-order valence-corrected chi connectivity index (χ0v) is 28.6. The predicted molar refractivity (Wildman–Crippen MR) is 181 cm³/mol. The number of thioether (sulfide) groups is 1. The number of amidine groups is 1. The highest BCUT2D eigenvalue weighted by molar-refractivity contribution is 8.00. The van der Waals surface area contributed by atoms with E-state index in [1.807, 2.05) is 46.7 Å². The molecule has 0 aromatic carbocycles. The molecule has 6 rings (SSSR count). The number of nitrogens with zero attached hydrogens (tertiary/aromatic N) is 5. The number of Topliss-reactive ketones (excluding diaryl/α,β-unsaturated/α-hetero) is 1. The van der Waals surface area contributed by atoms with Crippen molar-refractivity contribution >= 4 is 85.6 Å². The molecule has 15 nitrogen and oxygen atoms in total. The van der Waals surface area contributed by atoms with Crippen LogP contribution in [0.25, 0.3) is 10.9 Å². The number of carboxylic acid groups (broad SMARTS) is 2. The molecule has 4 aromatic heterocycles. The number of nitrogens with one attached hydrogen (secondary N) is 1. The number of amides is 1. The summed E-state index contributed by atoms with van der Waals surface area (Å²) >= 11 is 3.91.